The number of amides is 1. The van der Waals surface area contributed by atoms with Crippen molar-refractivity contribution >= 4 is 5.91 Å². The van der Waals surface area contributed by atoms with E-state index in [1.807, 2.05) is 35.4 Å². The van der Waals surface area contributed by atoms with Gasteiger partial charge in [-0.15, -0.1) is 5.10 Å². The lowest BCUT2D eigenvalue weighted by molar-refractivity contribution is 0.0705. The van der Waals surface area contributed by atoms with E-state index < -0.39 is 0 Å². The summed E-state index contributed by atoms with van der Waals surface area (Å²) in [6.45, 7) is 1.48. The van der Waals surface area contributed by atoms with Gasteiger partial charge in [0.15, 0.2) is 0 Å². The number of nitrogens with zero attached hydrogens (tertiary/aromatic N) is 6. The van der Waals surface area contributed by atoms with Crippen molar-refractivity contribution < 1.29 is 4.79 Å². The molecule has 0 bridgehead atoms. The number of likely N-dealkylation sites (tertiary alicyclic amines) is 1. The fourth-order valence-corrected chi connectivity index (χ4v) is 3.10. The van der Waals surface area contributed by atoms with Crippen LogP contribution in [0, 0.1) is 0 Å². The number of carbonyl (C=O) groups is 1. The lowest BCUT2D eigenvalue weighted by Gasteiger charge is -2.32. The van der Waals surface area contributed by atoms with Gasteiger partial charge >= 0.3 is 0 Å². The van der Waals surface area contributed by atoms with Crippen LogP contribution in [0.25, 0.3) is 5.69 Å². The number of imidazole rings is 1. The molecule has 1 aliphatic heterocycles. The van der Waals surface area contributed by atoms with E-state index in [4.69, 9.17) is 0 Å². The van der Waals surface area contributed by atoms with E-state index >= 15 is 0 Å². The van der Waals surface area contributed by atoms with Crippen molar-refractivity contribution in [2.24, 2.45) is 0 Å². The number of H-pyrrole nitrogens is 1. The summed E-state index contributed by atoms with van der Waals surface area (Å²) in [5, 5.41) is 11.1. The first-order valence-electron chi connectivity index (χ1n) is 7.93. The Balaban J connectivity index is 1.49. The van der Waals surface area contributed by atoms with Crippen molar-refractivity contribution in [2.45, 2.75) is 18.8 Å². The van der Waals surface area contributed by atoms with E-state index in [1.54, 1.807) is 10.9 Å². The molecule has 4 rings (SSSR count). The largest absolute Gasteiger partial charge is 0.348 e. The molecule has 3 aromatic rings. The van der Waals surface area contributed by atoms with Gasteiger partial charge in [0.05, 0.1) is 5.69 Å². The molecule has 1 fully saturated rings. The molecule has 0 radical (unpaired) electrons. The van der Waals surface area contributed by atoms with Gasteiger partial charge in [0.25, 0.3) is 5.91 Å². The molecule has 0 spiro atoms. The molecule has 1 saturated heterocycles. The van der Waals surface area contributed by atoms with Crippen LogP contribution in [0.4, 0.5) is 0 Å². The van der Waals surface area contributed by atoms with Crippen LogP contribution >= 0.6 is 0 Å². The molecule has 8 nitrogen and oxygen atoms in total. The summed E-state index contributed by atoms with van der Waals surface area (Å²) >= 11 is 0. The number of tetrazole rings is 1. The fraction of sp³-hybridized carbons (Fsp3) is 0.312. The summed E-state index contributed by atoms with van der Waals surface area (Å²) in [5.74, 6) is 1.29. The van der Waals surface area contributed by atoms with E-state index in [-0.39, 0.29) is 11.8 Å². The average molecular weight is 323 g/mol. The second-order valence-corrected chi connectivity index (χ2v) is 5.87. The summed E-state index contributed by atoms with van der Waals surface area (Å²) in [5.41, 5.74) is 1.50. The number of aromatic amines is 1. The monoisotopic (exact) mass is 323 g/mol. The molecule has 0 saturated carbocycles. The van der Waals surface area contributed by atoms with Gasteiger partial charge in [0.2, 0.25) is 0 Å². The Morgan fingerprint density at radius 1 is 1.25 bits per heavy atom. The molecular weight excluding hydrogens is 306 g/mol. The zero-order valence-corrected chi connectivity index (χ0v) is 13.0. The zero-order valence-electron chi connectivity index (χ0n) is 13.0. The second-order valence-electron chi connectivity index (χ2n) is 5.87. The lowest BCUT2D eigenvalue weighted by atomic mass is 9.96. The molecule has 1 aromatic carbocycles. The van der Waals surface area contributed by atoms with Crippen LogP contribution in [0.15, 0.2) is 43.0 Å². The Morgan fingerprint density at radius 2 is 2.12 bits per heavy atom. The third-order valence-electron chi connectivity index (χ3n) is 4.34. The highest BCUT2D eigenvalue weighted by Gasteiger charge is 2.26. The molecule has 8 heteroatoms. The van der Waals surface area contributed by atoms with Gasteiger partial charge in [0.1, 0.15) is 12.2 Å². The van der Waals surface area contributed by atoms with Crippen molar-refractivity contribution in [2.75, 3.05) is 13.1 Å². The predicted octanol–water partition coefficient (Wildman–Crippen LogP) is 1.41. The van der Waals surface area contributed by atoms with E-state index in [9.17, 15) is 4.79 Å². The SMILES string of the molecule is O=C(c1ccc(-n2cnnn2)cc1)N1CCC[C@H](c2ncc[nH]2)C1. The first kappa shape index (κ1) is 14.6. The van der Waals surface area contributed by atoms with Crippen LogP contribution in [0.5, 0.6) is 0 Å². The van der Waals surface area contributed by atoms with E-state index in [0.717, 1.165) is 30.9 Å². The third-order valence-corrected chi connectivity index (χ3v) is 4.34. The zero-order chi connectivity index (χ0) is 16.4. The molecule has 1 aliphatic rings. The molecule has 1 amide bonds. The quantitative estimate of drug-likeness (QED) is 0.786. The minimum absolute atomic E-state index is 0.0505. The van der Waals surface area contributed by atoms with E-state index in [2.05, 4.69) is 25.5 Å². The highest BCUT2D eigenvalue weighted by molar-refractivity contribution is 5.94. The Hall–Kier alpha value is -3.03. The second kappa shape index (κ2) is 6.23. The number of carbonyl (C=O) groups excluding carboxylic acids is 1. The van der Waals surface area contributed by atoms with Gasteiger partial charge in [-0.05, 0) is 47.5 Å². The summed E-state index contributed by atoms with van der Waals surface area (Å²) in [7, 11) is 0. The summed E-state index contributed by atoms with van der Waals surface area (Å²) in [6, 6.07) is 7.32. The Kier molecular flexibility index (Phi) is 3.78. The molecule has 2 aromatic heterocycles. The van der Waals surface area contributed by atoms with Crippen molar-refractivity contribution in [1.29, 1.82) is 0 Å². The van der Waals surface area contributed by atoms with Crippen LogP contribution < -0.4 is 0 Å². The van der Waals surface area contributed by atoms with Crippen molar-refractivity contribution in [3.8, 4) is 5.69 Å². The molecule has 24 heavy (non-hydrogen) atoms. The molecule has 1 N–H and O–H groups in total. The van der Waals surface area contributed by atoms with E-state index in [0.29, 0.717) is 12.1 Å². The van der Waals surface area contributed by atoms with Gasteiger partial charge in [-0.2, -0.15) is 0 Å². The number of benzene rings is 1. The third kappa shape index (κ3) is 2.78. The smallest absolute Gasteiger partial charge is 0.253 e. The normalized spacial score (nSPS) is 17.8. The Bertz CT molecular complexity index is 796. The maximum Gasteiger partial charge on any atom is 0.253 e. The van der Waals surface area contributed by atoms with Crippen molar-refractivity contribution in [3.63, 3.8) is 0 Å². The molecule has 0 unspecified atom stereocenters. The number of hydrogen-bond donors (Lipinski definition) is 1. The van der Waals surface area contributed by atoms with Crippen LogP contribution in [0.2, 0.25) is 0 Å². The Morgan fingerprint density at radius 3 is 2.83 bits per heavy atom. The van der Waals surface area contributed by atoms with Crippen LogP contribution in [-0.4, -0.2) is 54.1 Å². The predicted molar refractivity (Wildman–Crippen MR) is 85.6 cm³/mol. The minimum Gasteiger partial charge on any atom is -0.348 e. The summed E-state index contributed by atoms with van der Waals surface area (Å²) < 4.78 is 1.56. The topological polar surface area (TPSA) is 92.6 Å². The van der Waals surface area contributed by atoms with Crippen LogP contribution in [0.3, 0.4) is 0 Å². The molecule has 1 atom stereocenters. The number of nitrogens with one attached hydrogen (secondary N) is 1. The van der Waals surface area contributed by atoms with Crippen molar-refractivity contribution in [1.82, 2.24) is 35.1 Å². The first-order valence-corrected chi connectivity index (χ1v) is 7.93. The highest BCUT2D eigenvalue weighted by Crippen LogP contribution is 2.25. The summed E-state index contributed by atoms with van der Waals surface area (Å²) in [6.07, 6.45) is 7.15. The van der Waals surface area contributed by atoms with Gasteiger partial charge in [0, 0.05) is 37.0 Å². The molecular formula is C16H17N7O. The molecule has 0 aliphatic carbocycles. The maximum atomic E-state index is 12.8. The van der Waals surface area contributed by atoms with Gasteiger partial charge in [-0.3, -0.25) is 4.79 Å². The van der Waals surface area contributed by atoms with Gasteiger partial charge in [-0.25, -0.2) is 9.67 Å². The maximum absolute atomic E-state index is 12.8. The lowest BCUT2D eigenvalue weighted by Crippen LogP contribution is -2.39. The minimum atomic E-state index is 0.0505. The highest BCUT2D eigenvalue weighted by atomic mass is 16.2. The van der Waals surface area contributed by atoms with Gasteiger partial charge < -0.3 is 9.88 Å². The number of aromatic nitrogens is 6. The number of piperidine rings is 1. The van der Waals surface area contributed by atoms with Crippen LogP contribution in [-0.2, 0) is 0 Å². The van der Waals surface area contributed by atoms with Crippen molar-refractivity contribution in [3.05, 3.63) is 54.4 Å². The standard InChI is InChI=1S/C16H17N7O/c24-16(12-3-5-14(6-4-12)23-11-19-20-21-23)22-9-1-2-13(10-22)15-17-7-8-18-15/h3-8,11,13H,1-2,9-10H2,(H,17,18)/t13-/m0/s1. The Labute approximate surface area is 138 Å². The average Bonchev–Trinajstić information content (AvgIpc) is 3.35. The fourth-order valence-electron chi connectivity index (χ4n) is 3.10. The number of rotatable bonds is 3. The molecule has 3 heterocycles. The van der Waals surface area contributed by atoms with Gasteiger partial charge in [-0.1, -0.05) is 0 Å². The van der Waals surface area contributed by atoms with Crippen LogP contribution in [0.1, 0.15) is 34.9 Å². The summed E-state index contributed by atoms with van der Waals surface area (Å²) in [4.78, 5) is 22.2. The first-order chi connectivity index (χ1) is 11.8. The number of hydrogen-bond acceptors (Lipinski definition) is 5. The van der Waals surface area contributed by atoms with E-state index in [1.165, 1.54) is 6.33 Å². The molecule has 122 valence electrons.